The van der Waals surface area contributed by atoms with Crippen LogP contribution < -0.4 is 4.90 Å². The van der Waals surface area contributed by atoms with Gasteiger partial charge in [-0.15, -0.1) is 0 Å². The highest BCUT2D eigenvalue weighted by molar-refractivity contribution is 5.83. The van der Waals surface area contributed by atoms with E-state index in [0.717, 1.165) is 37.1 Å². The number of aliphatic hydroxyl groups is 1. The van der Waals surface area contributed by atoms with Crippen molar-refractivity contribution >= 4 is 11.5 Å². The molecule has 1 unspecified atom stereocenters. The second-order valence-corrected chi connectivity index (χ2v) is 8.57. The number of benzene rings is 2. The number of halogens is 5. The lowest BCUT2D eigenvalue weighted by molar-refractivity contribution is -0.137. The largest absolute Gasteiger partial charge is 0.416 e. The first-order chi connectivity index (χ1) is 16.7. The topological polar surface area (TPSA) is 53.7 Å². The van der Waals surface area contributed by atoms with Gasteiger partial charge in [0.25, 0.3) is 0 Å². The van der Waals surface area contributed by atoms with Gasteiger partial charge in [0.2, 0.25) is 0 Å². The molecule has 0 saturated carbocycles. The van der Waals surface area contributed by atoms with Crippen LogP contribution in [-0.2, 0) is 6.18 Å². The predicted molar refractivity (Wildman–Crippen MR) is 121 cm³/mol. The number of aryl methyl sites for hydroxylation is 1. The van der Waals surface area contributed by atoms with Gasteiger partial charge in [-0.05, 0) is 44.0 Å². The van der Waals surface area contributed by atoms with Crippen molar-refractivity contribution in [3.63, 3.8) is 0 Å². The van der Waals surface area contributed by atoms with Crippen LogP contribution in [0.15, 0.2) is 48.5 Å². The third-order valence-corrected chi connectivity index (χ3v) is 6.32. The highest BCUT2D eigenvalue weighted by atomic mass is 19.4. The van der Waals surface area contributed by atoms with E-state index in [1.807, 2.05) is 4.90 Å². The number of hydrogen-bond donors (Lipinski definition) is 1. The van der Waals surface area contributed by atoms with E-state index in [1.54, 1.807) is 13.0 Å². The summed E-state index contributed by atoms with van der Waals surface area (Å²) in [5.74, 6) is -1.10. The number of nitrogens with zero attached hydrogens (tertiary/aromatic N) is 4. The van der Waals surface area contributed by atoms with Crippen molar-refractivity contribution in [1.29, 1.82) is 0 Å². The van der Waals surface area contributed by atoms with Crippen LogP contribution in [0.2, 0.25) is 0 Å². The average Bonchev–Trinajstić information content (AvgIpc) is 3.42. The molecule has 4 aromatic rings. The molecule has 35 heavy (non-hydrogen) atoms. The van der Waals surface area contributed by atoms with Crippen LogP contribution in [0, 0.1) is 18.6 Å². The van der Waals surface area contributed by atoms with Gasteiger partial charge >= 0.3 is 6.18 Å². The van der Waals surface area contributed by atoms with Crippen molar-refractivity contribution in [2.75, 3.05) is 18.1 Å². The summed E-state index contributed by atoms with van der Waals surface area (Å²) in [5, 5.41) is 14.3. The molecule has 5 nitrogen and oxygen atoms in total. The Kier molecular flexibility index (Phi) is 5.71. The third-order valence-electron chi connectivity index (χ3n) is 6.32. The molecule has 5 rings (SSSR count). The van der Waals surface area contributed by atoms with E-state index in [1.165, 1.54) is 22.7 Å². The Bertz CT molecular complexity index is 1420. The monoisotopic (exact) mass is 488 g/mol. The lowest BCUT2D eigenvalue weighted by Crippen LogP contribution is -2.32. The van der Waals surface area contributed by atoms with Crippen LogP contribution in [0.4, 0.5) is 27.8 Å². The van der Waals surface area contributed by atoms with Gasteiger partial charge in [0.15, 0.2) is 5.65 Å². The fraction of sp³-hybridized carbons (Fsp3) is 0.280. The molecule has 1 atom stereocenters. The highest BCUT2D eigenvalue weighted by Gasteiger charge is 2.32. The molecule has 3 heterocycles. The summed E-state index contributed by atoms with van der Waals surface area (Å²) in [7, 11) is 0. The molecule has 1 saturated heterocycles. The molecular formula is C25H21F5N4O. The smallest absolute Gasteiger partial charge is 0.394 e. The zero-order valence-electron chi connectivity index (χ0n) is 18.7. The van der Waals surface area contributed by atoms with Gasteiger partial charge < -0.3 is 10.0 Å². The second kappa shape index (κ2) is 8.60. The van der Waals surface area contributed by atoms with Crippen LogP contribution >= 0.6 is 0 Å². The summed E-state index contributed by atoms with van der Waals surface area (Å²) < 4.78 is 70.1. The molecule has 2 aromatic carbocycles. The molecule has 0 spiro atoms. The van der Waals surface area contributed by atoms with Crippen molar-refractivity contribution in [1.82, 2.24) is 14.6 Å². The molecule has 1 aliphatic heterocycles. The molecule has 0 bridgehead atoms. The molecule has 182 valence electrons. The predicted octanol–water partition coefficient (Wildman–Crippen LogP) is 5.63. The van der Waals surface area contributed by atoms with E-state index >= 15 is 0 Å². The molecule has 1 aliphatic rings. The summed E-state index contributed by atoms with van der Waals surface area (Å²) in [6, 6.07) is 9.48. The van der Waals surface area contributed by atoms with Gasteiger partial charge in [0.05, 0.1) is 35.2 Å². The highest BCUT2D eigenvalue weighted by Crippen LogP contribution is 2.37. The minimum absolute atomic E-state index is 0.0821. The van der Waals surface area contributed by atoms with Crippen molar-refractivity contribution in [2.24, 2.45) is 0 Å². The Balaban J connectivity index is 1.80. The Morgan fingerprint density at radius 3 is 2.60 bits per heavy atom. The first-order valence-corrected chi connectivity index (χ1v) is 11.1. The van der Waals surface area contributed by atoms with Gasteiger partial charge in [-0.1, -0.05) is 12.1 Å². The van der Waals surface area contributed by atoms with E-state index in [0.29, 0.717) is 29.3 Å². The van der Waals surface area contributed by atoms with Crippen molar-refractivity contribution < 1.29 is 27.1 Å². The molecule has 2 aromatic heterocycles. The Morgan fingerprint density at radius 1 is 1.09 bits per heavy atom. The number of aliphatic hydroxyl groups excluding tert-OH is 1. The summed E-state index contributed by atoms with van der Waals surface area (Å²) in [6.07, 6.45) is -2.99. The second-order valence-electron chi connectivity index (χ2n) is 8.57. The zero-order chi connectivity index (χ0) is 24.9. The van der Waals surface area contributed by atoms with Gasteiger partial charge in [-0.25, -0.2) is 18.3 Å². The molecule has 0 amide bonds. The third kappa shape index (κ3) is 4.12. The quantitative estimate of drug-likeness (QED) is 0.379. The fourth-order valence-electron chi connectivity index (χ4n) is 4.65. The minimum Gasteiger partial charge on any atom is -0.394 e. The molecule has 0 radical (unpaired) electrons. The average molecular weight is 488 g/mol. The van der Waals surface area contributed by atoms with Gasteiger partial charge in [0.1, 0.15) is 17.5 Å². The number of anilines is 1. The number of fused-ring (bicyclic) bond motifs is 1. The summed E-state index contributed by atoms with van der Waals surface area (Å²) >= 11 is 0. The maximum atomic E-state index is 14.8. The number of aromatic nitrogens is 3. The van der Waals surface area contributed by atoms with Gasteiger partial charge in [-0.3, -0.25) is 0 Å². The van der Waals surface area contributed by atoms with Gasteiger partial charge in [0, 0.05) is 29.8 Å². The maximum Gasteiger partial charge on any atom is 0.416 e. The molecule has 1 fully saturated rings. The molecule has 1 N–H and O–H groups in total. The minimum atomic E-state index is -4.54. The van der Waals surface area contributed by atoms with Crippen LogP contribution in [-0.4, -0.2) is 38.9 Å². The number of alkyl halides is 3. The summed E-state index contributed by atoms with van der Waals surface area (Å²) in [6.45, 7) is 2.13. The maximum absolute atomic E-state index is 14.8. The summed E-state index contributed by atoms with van der Waals surface area (Å²) in [5.41, 5.74) is 0.772. The number of rotatable bonds is 4. The van der Waals surface area contributed by atoms with Gasteiger partial charge in [-0.2, -0.15) is 18.3 Å². The van der Waals surface area contributed by atoms with E-state index in [-0.39, 0.29) is 29.4 Å². The number of hydrogen-bond acceptors (Lipinski definition) is 4. The van der Waals surface area contributed by atoms with E-state index in [4.69, 9.17) is 4.98 Å². The Labute approximate surface area is 197 Å². The molecule has 10 heteroatoms. The zero-order valence-corrected chi connectivity index (χ0v) is 18.7. The lowest BCUT2D eigenvalue weighted by Gasteiger charge is -2.25. The molecular weight excluding hydrogens is 467 g/mol. The van der Waals surface area contributed by atoms with E-state index in [9.17, 15) is 27.1 Å². The molecule has 0 aliphatic carbocycles. The SMILES string of the molecule is Cc1nn2c(-c3cccc(C(F)(F)F)c3)cc(N3CCCC3CO)nc2c1-c1ccc(F)cc1F. The summed E-state index contributed by atoms with van der Waals surface area (Å²) in [4.78, 5) is 6.60. The standard InChI is InChI=1S/C25H21F5N4O/c1-14-23(19-8-7-17(26)11-20(19)27)24-31-22(33-9-3-6-18(33)13-35)12-21(34(24)32-14)15-4-2-5-16(10-15)25(28,29)30/h2,4-5,7-8,10-12,18,35H,3,6,9,13H2,1H3. The van der Waals surface area contributed by atoms with E-state index < -0.39 is 23.4 Å². The normalized spacial score (nSPS) is 16.4. The van der Waals surface area contributed by atoms with Crippen LogP contribution in [0.25, 0.3) is 28.0 Å². The Hall–Kier alpha value is -3.53. The van der Waals surface area contributed by atoms with E-state index in [2.05, 4.69) is 5.10 Å². The van der Waals surface area contributed by atoms with Crippen molar-refractivity contribution in [3.8, 4) is 22.4 Å². The van der Waals surface area contributed by atoms with Crippen LogP contribution in [0.5, 0.6) is 0 Å². The van der Waals surface area contributed by atoms with Crippen LogP contribution in [0.3, 0.4) is 0 Å². The van der Waals surface area contributed by atoms with Crippen molar-refractivity contribution in [2.45, 2.75) is 32.0 Å². The lowest BCUT2D eigenvalue weighted by atomic mass is 10.0. The van der Waals surface area contributed by atoms with Crippen LogP contribution in [0.1, 0.15) is 24.1 Å². The first-order valence-electron chi connectivity index (χ1n) is 11.1. The Morgan fingerprint density at radius 2 is 1.89 bits per heavy atom. The first kappa shape index (κ1) is 23.2. The van der Waals surface area contributed by atoms with Crippen molar-refractivity contribution in [3.05, 3.63) is 71.4 Å². The fourth-order valence-corrected chi connectivity index (χ4v) is 4.65.